The molecule has 2 aliphatic heterocycles. The predicted octanol–water partition coefficient (Wildman–Crippen LogP) is 0.191. The zero-order valence-corrected chi connectivity index (χ0v) is 11.9. The number of hydrogen-bond acceptors (Lipinski definition) is 4. The van der Waals surface area contributed by atoms with Gasteiger partial charge >= 0.3 is 6.03 Å². The van der Waals surface area contributed by atoms with Crippen molar-refractivity contribution in [3.63, 3.8) is 0 Å². The smallest absolute Gasteiger partial charge is 0.321 e. The van der Waals surface area contributed by atoms with Crippen molar-refractivity contribution in [2.75, 3.05) is 19.6 Å². The van der Waals surface area contributed by atoms with Gasteiger partial charge in [0.1, 0.15) is 0 Å². The van der Waals surface area contributed by atoms with E-state index in [1.165, 1.54) is 12.8 Å². The van der Waals surface area contributed by atoms with Crippen molar-refractivity contribution in [3.05, 3.63) is 0 Å². The summed E-state index contributed by atoms with van der Waals surface area (Å²) in [6, 6.07) is 0.914. The maximum Gasteiger partial charge on any atom is 0.321 e. The Morgan fingerprint density at radius 2 is 2.00 bits per heavy atom. The van der Waals surface area contributed by atoms with Gasteiger partial charge in [0.2, 0.25) is 5.91 Å². The van der Waals surface area contributed by atoms with Gasteiger partial charge in [-0.3, -0.25) is 15.0 Å². The first-order valence-corrected chi connectivity index (χ1v) is 7.80. The Bertz CT molecular complexity index is 377. The molecular weight excluding hydrogens is 256 g/mol. The van der Waals surface area contributed by atoms with E-state index < -0.39 is 0 Å². The van der Waals surface area contributed by atoms with Crippen LogP contribution in [0.4, 0.5) is 4.79 Å². The Kier molecular flexibility index (Phi) is 4.21. The standard InChI is InChI=1S/C14H24N4O2/c19-13(17-14(20)16-10-5-6-10)9-18-8-2-4-12(18)11-3-1-7-15-11/h10-12,15H,1-9H2,(H2,16,17,19,20). The van der Waals surface area contributed by atoms with Crippen LogP contribution in [0.3, 0.4) is 0 Å². The Morgan fingerprint density at radius 3 is 2.70 bits per heavy atom. The number of likely N-dealkylation sites (tertiary alicyclic amines) is 1. The molecule has 1 aliphatic carbocycles. The van der Waals surface area contributed by atoms with E-state index in [-0.39, 0.29) is 18.0 Å². The minimum absolute atomic E-state index is 0.187. The number of urea groups is 1. The largest absolute Gasteiger partial charge is 0.335 e. The van der Waals surface area contributed by atoms with Crippen molar-refractivity contribution in [1.82, 2.24) is 20.9 Å². The third-order valence-corrected chi connectivity index (χ3v) is 4.49. The molecule has 0 aromatic carbocycles. The van der Waals surface area contributed by atoms with Crippen LogP contribution in [0.2, 0.25) is 0 Å². The fraction of sp³-hybridized carbons (Fsp3) is 0.857. The molecule has 0 aromatic rings. The Hall–Kier alpha value is -1.14. The van der Waals surface area contributed by atoms with Crippen molar-refractivity contribution in [1.29, 1.82) is 0 Å². The van der Waals surface area contributed by atoms with Gasteiger partial charge < -0.3 is 10.6 Å². The summed E-state index contributed by atoms with van der Waals surface area (Å²) < 4.78 is 0. The summed E-state index contributed by atoms with van der Waals surface area (Å²) in [5, 5.41) is 8.74. The molecule has 2 atom stereocenters. The highest BCUT2D eigenvalue weighted by Gasteiger charge is 2.34. The summed E-state index contributed by atoms with van der Waals surface area (Å²) in [5.41, 5.74) is 0. The van der Waals surface area contributed by atoms with Crippen molar-refractivity contribution >= 4 is 11.9 Å². The molecule has 3 aliphatic rings. The molecule has 2 saturated heterocycles. The maximum absolute atomic E-state index is 11.9. The van der Waals surface area contributed by atoms with Gasteiger partial charge in [-0.15, -0.1) is 0 Å². The summed E-state index contributed by atoms with van der Waals surface area (Å²) in [6.45, 7) is 2.38. The summed E-state index contributed by atoms with van der Waals surface area (Å²) in [4.78, 5) is 25.7. The summed E-state index contributed by atoms with van der Waals surface area (Å²) in [7, 11) is 0. The number of nitrogens with one attached hydrogen (secondary N) is 3. The van der Waals surface area contributed by atoms with Crippen molar-refractivity contribution < 1.29 is 9.59 Å². The number of imide groups is 1. The highest BCUT2D eigenvalue weighted by Crippen LogP contribution is 2.24. The number of carbonyl (C=O) groups excluding carboxylic acids is 2. The van der Waals surface area contributed by atoms with Crippen LogP contribution in [0.1, 0.15) is 38.5 Å². The molecule has 3 rings (SSSR count). The summed E-state index contributed by atoms with van der Waals surface area (Å²) in [6.07, 6.45) is 6.78. The molecule has 6 heteroatoms. The van der Waals surface area contributed by atoms with Gasteiger partial charge in [-0.1, -0.05) is 0 Å². The topological polar surface area (TPSA) is 73.5 Å². The molecular formula is C14H24N4O2. The van der Waals surface area contributed by atoms with Crippen LogP contribution >= 0.6 is 0 Å². The number of rotatable bonds is 4. The molecule has 3 fully saturated rings. The zero-order valence-electron chi connectivity index (χ0n) is 11.9. The normalized spacial score (nSPS) is 30.4. The van der Waals surface area contributed by atoms with E-state index in [1.807, 2.05) is 0 Å². The van der Waals surface area contributed by atoms with Crippen LogP contribution < -0.4 is 16.0 Å². The molecule has 6 nitrogen and oxygen atoms in total. The van der Waals surface area contributed by atoms with Crippen LogP contribution in [0.25, 0.3) is 0 Å². The van der Waals surface area contributed by atoms with Gasteiger partial charge in [-0.25, -0.2) is 4.79 Å². The van der Waals surface area contributed by atoms with Crippen LogP contribution in [0, 0.1) is 0 Å². The zero-order chi connectivity index (χ0) is 13.9. The number of hydrogen-bond donors (Lipinski definition) is 3. The van der Waals surface area contributed by atoms with E-state index in [1.54, 1.807) is 0 Å². The Balaban J connectivity index is 1.45. The third kappa shape index (κ3) is 3.49. The van der Waals surface area contributed by atoms with Crippen LogP contribution in [-0.2, 0) is 4.79 Å². The number of carbonyl (C=O) groups is 2. The van der Waals surface area contributed by atoms with Gasteiger partial charge in [-0.2, -0.15) is 0 Å². The highest BCUT2D eigenvalue weighted by molar-refractivity contribution is 5.95. The Morgan fingerprint density at radius 1 is 1.15 bits per heavy atom. The fourth-order valence-corrected chi connectivity index (χ4v) is 3.34. The average Bonchev–Trinajstić information content (AvgIpc) is 2.91. The predicted molar refractivity (Wildman–Crippen MR) is 75.3 cm³/mol. The lowest BCUT2D eigenvalue weighted by Gasteiger charge is -2.28. The molecule has 112 valence electrons. The molecule has 2 unspecified atom stereocenters. The van der Waals surface area contributed by atoms with E-state index in [0.717, 1.165) is 38.8 Å². The molecule has 3 N–H and O–H groups in total. The first-order chi connectivity index (χ1) is 9.72. The van der Waals surface area contributed by atoms with E-state index in [2.05, 4.69) is 20.9 Å². The molecule has 20 heavy (non-hydrogen) atoms. The quantitative estimate of drug-likeness (QED) is 0.687. The molecule has 3 amide bonds. The summed E-state index contributed by atoms with van der Waals surface area (Å²) in [5.74, 6) is -0.187. The van der Waals surface area contributed by atoms with Crippen molar-refractivity contribution in [3.8, 4) is 0 Å². The van der Waals surface area contributed by atoms with Gasteiger partial charge in [-0.05, 0) is 51.6 Å². The van der Waals surface area contributed by atoms with Crippen LogP contribution in [0.5, 0.6) is 0 Å². The maximum atomic E-state index is 11.9. The lowest BCUT2D eigenvalue weighted by Crippen LogP contribution is -2.49. The first-order valence-electron chi connectivity index (χ1n) is 7.80. The molecule has 2 heterocycles. The van der Waals surface area contributed by atoms with Gasteiger partial charge in [0, 0.05) is 18.1 Å². The van der Waals surface area contributed by atoms with E-state index in [0.29, 0.717) is 18.6 Å². The lowest BCUT2D eigenvalue weighted by molar-refractivity contribution is -0.121. The van der Waals surface area contributed by atoms with Gasteiger partial charge in [0.25, 0.3) is 0 Å². The molecule has 1 saturated carbocycles. The van der Waals surface area contributed by atoms with E-state index in [4.69, 9.17) is 0 Å². The fourth-order valence-electron chi connectivity index (χ4n) is 3.34. The third-order valence-electron chi connectivity index (χ3n) is 4.49. The number of nitrogens with zero attached hydrogens (tertiary/aromatic N) is 1. The van der Waals surface area contributed by atoms with E-state index >= 15 is 0 Å². The van der Waals surface area contributed by atoms with Crippen molar-refractivity contribution in [2.45, 2.75) is 56.7 Å². The second-order valence-corrected chi connectivity index (χ2v) is 6.18. The second kappa shape index (κ2) is 6.10. The number of amides is 3. The highest BCUT2D eigenvalue weighted by atomic mass is 16.2. The van der Waals surface area contributed by atoms with E-state index in [9.17, 15) is 9.59 Å². The molecule has 0 aromatic heterocycles. The minimum atomic E-state index is -0.341. The second-order valence-electron chi connectivity index (χ2n) is 6.18. The monoisotopic (exact) mass is 280 g/mol. The molecule has 0 bridgehead atoms. The minimum Gasteiger partial charge on any atom is -0.335 e. The van der Waals surface area contributed by atoms with Gasteiger partial charge in [0.15, 0.2) is 0 Å². The molecule has 0 spiro atoms. The lowest BCUT2D eigenvalue weighted by atomic mass is 10.0. The van der Waals surface area contributed by atoms with Crippen LogP contribution in [0.15, 0.2) is 0 Å². The SMILES string of the molecule is O=C(CN1CCCC1C1CCCN1)NC(=O)NC1CC1. The molecule has 0 radical (unpaired) electrons. The summed E-state index contributed by atoms with van der Waals surface area (Å²) >= 11 is 0. The van der Waals surface area contributed by atoms with Gasteiger partial charge in [0.05, 0.1) is 6.54 Å². The first kappa shape index (κ1) is 13.8. The van der Waals surface area contributed by atoms with Crippen LogP contribution in [-0.4, -0.2) is 54.6 Å². The van der Waals surface area contributed by atoms with Crippen molar-refractivity contribution in [2.24, 2.45) is 0 Å². The average molecular weight is 280 g/mol. The Labute approximate surface area is 119 Å².